The number of pyridine rings is 1. The number of aryl methyl sites for hydroxylation is 1. The largest absolute Gasteiger partial charge is 0.366 e. The Morgan fingerprint density at radius 3 is 2.53 bits per heavy atom. The van der Waals surface area contributed by atoms with Gasteiger partial charge in [0.2, 0.25) is 5.91 Å². The van der Waals surface area contributed by atoms with Gasteiger partial charge in [0.25, 0.3) is 5.91 Å². The van der Waals surface area contributed by atoms with Crippen LogP contribution in [0.3, 0.4) is 0 Å². The standard InChI is InChI=1S/C34H37N11O2.C2H6/c1-20-13-30-38-29(39-33(46)21-11-12-21)14-31(45(30)40-20)37-26-9-6-8-24-25-15-35-44(28(25)19-42(4)32(24)26)23-17-43(18-23)16-22-7-5-10-27(36-22)34(47)41(2)3;1-2/h5-10,13-15,21,23,37H,11-12,16-19H2,1-4H3,(H,38,39,46);1-2H3. The molecule has 1 aromatic carbocycles. The van der Waals surface area contributed by atoms with Crippen molar-refractivity contribution in [1.82, 2.24) is 39.2 Å². The predicted octanol–water partition coefficient (Wildman–Crippen LogP) is 5.12. The maximum atomic E-state index is 12.5. The fraction of sp³-hybridized carbons (Fsp3) is 0.389. The molecule has 13 nitrogen and oxygen atoms in total. The third-order valence-electron chi connectivity index (χ3n) is 9.11. The molecule has 0 atom stereocenters. The van der Waals surface area contributed by atoms with Gasteiger partial charge in [0.05, 0.1) is 47.2 Å². The molecule has 2 amide bonds. The molecule has 1 saturated carbocycles. The van der Waals surface area contributed by atoms with Crippen molar-refractivity contribution in [2.75, 3.05) is 49.8 Å². The number of carbonyl (C=O) groups excluding carboxylic acids is 2. The van der Waals surface area contributed by atoms with E-state index >= 15 is 0 Å². The average Bonchev–Trinajstić information content (AvgIpc) is 3.75. The molecular formula is C36H43N11O2. The van der Waals surface area contributed by atoms with Crippen molar-refractivity contribution >= 4 is 40.5 Å². The number of nitrogens with one attached hydrogen (secondary N) is 2. The minimum Gasteiger partial charge on any atom is -0.366 e. The number of likely N-dealkylation sites (tertiary alicyclic amines) is 1. The number of anilines is 4. The maximum absolute atomic E-state index is 12.5. The van der Waals surface area contributed by atoms with E-state index in [1.807, 2.05) is 51.2 Å². The van der Waals surface area contributed by atoms with Gasteiger partial charge in [-0.1, -0.05) is 32.0 Å². The number of amides is 2. The number of hydrogen-bond acceptors (Lipinski definition) is 9. The second-order valence-corrected chi connectivity index (χ2v) is 13.0. The summed E-state index contributed by atoms with van der Waals surface area (Å²) in [6.07, 6.45) is 3.84. The molecule has 0 radical (unpaired) electrons. The number of aromatic nitrogens is 6. The molecule has 3 aliphatic rings. The molecule has 0 unspecified atom stereocenters. The highest BCUT2D eigenvalue weighted by atomic mass is 16.2. The van der Waals surface area contributed by atoms with Crippen LogP contribution in [0.5, 0.6) is 0 Å². The lowest BCUT2D eigenvalue weighted by Crippen LogP contribution is -2.48. The van der Waals surface area contributed by atoms with Crippen molar-refractivity contribution in [2.24, 2.45) is 5.92 Å². The van der Waals surface area contributed by atoms with Crippen molar-refractivity contribution in [3.63, 3.8) is 0 Å². The summed E-state index contributed by atoms with van der Waals surface area (Å²) in [7, 11) is 5.58. The monoisotopic (exact) mass is 661 g/mol. The van der Waals surface area contributed by atoms with Gasteiger partial charge >= 0.3 is 0 Å². The quantitative estimate of drug-likeness (QED) is 0.233. The molecule has 2 N–H and O–H groups in total. The number of rotatable bonds is 8. The van der Waals surface area contributed by atoms with Crippen LogP contribution in [0.2, 0.25) is 0 Å². The summed E-state index contributed by atoms with van der Waals surface area (Å²) >= 11 is 0. The molecule has 2 fully saturated rings. The Labute approximate surface area is 285 Å². The van der Waals surface area contributed by atoms with Crippen molar-refractivity contribution < 1.29 is 9.59 Å². The van der Waals surface area contributed by atoms with E-state index in [9.17, 15) is 9.59 Å². The minimum atomic E-state index is -0.0908. The van der Waals surface area contributed by atoms with E-state index in [0.717, 1.165) is 65.6 Å². The molecule has 4 aromatic heterocycles. The fourth-order valence-electron chi connectivity index (χ4n) is 6.59. The predicted molar refractivity (Wildman–Crippen MR) is 190 cm³/mol. The van der Waals surface area contributed by atoms with Crippen molar-refractivity contribution in [1.29, 1.82) is 0 Å². The Bertz CT molecular complexity index is 2040. The second-order valence-electron chi connectivity index (χ2n) is 13.0. The van der Waals surface area contributed by atoms with Crippen molar-refractivity contribution in [3.8, 4) is 11.1 Å². The summed E-state index contributed by atoms with van der Waals surface area (Å²) in [4.78, 5) is 40.3. The van der Waals surface area contributed by atoms with E-state index < -0.39 is 0 Å². The molecule has 13 heteroatoms. The van der Waals surface area contributed by atoms with Crippen LogP contribution in [0, 0.1) is 12.8 Å². The third-order valence-corrected chi connectivity index (χ3v) is 9.11. The van der Waals surface area contributed by atoms with Crippen LogP contribution in [-0.2, 0) is 17.9 Å². The molecular weight excluding hydrogens is 618 g/mol. The molecule has 6 heterocycles. The van der Waals surface area contributed by atoms with Crippen LogP contribution in [0.1, 0.15) is 60.3 Å². The molecule has 2 aliphatic heterocycles. The summed E-state index contributed by atoms with van der Waals surface area (Å²) in [5.74, 6) is 1.24. The maximum Gasteiger partial charge on any atom is 0.271 e. The van der Waals surface area contributed by atoms with Gasteiger partial charge in [0.15, 0.2) is 5.65 Å². The van der Waals surface area contributed by atoms with Gasteiger partial charge in [-0.2, -0.15) is 14.7 Å². The van der Waals surface area contributed by atoms with Gasteiger partial charge in [0.1, 0.15) is 17.3 Å². The van der Waals surface area contributed by atoms with Crippen LogP contribution >= 0.6 is 0 Å². The Balaban J connectivity index is 0.00000186. The molecule has 0 bridgehead atoms. The zero-order valence-electron chi connectivity index (χ0n) is 28.9. The minimum absolute atomic E-state index is 0.0161. The first-order valence-electron chi connectivity index (χ1n) is 17.0. The van der Waals surface area contributed by atoms with Gasteiger partial charge in [0, 0.05) is 70.0 Å². The second kappa shape index (κ2) is 13.0. The third kappa shape index (κ3) is 6.21. The normalized spacial score (nSPS) is 15.5. The Kier molecular flexibility index (Phi) is 8.53. The smallest absolute Gasteiger partial charge is 0.271 e. The first-order chi connectivity index (χ1) is 23.7. The number of nitrogens with zero attached hydrogens (tertiary/aromatic N) is 9. The van der Waals surface area contributed by atoms with E-state index in [1.54, 1.807) is 29.6 Å². The van der Waals surface area contributed by atoms with Gasteiger partial charge in [-0.25, -0.2) is 9.97 Å². The van der Waals surface area contributed by atoms with Crippen LogP contribution < -0.4 is 15.5 Å². The zero-order valence-corrected chi connectivity index (χ0v) is 28.9. The highest BCUT2D eigenvalue weighted by molar-refractivity contribution is 5.95. The van der Waals surface area contributed by atoms with E-state index in [1.165, 1.54) is 5.69 Å². The summed E-state index contributed by atoms with van der Waals surface area (Å²) in [6, 6.07) is 15.9. The molecule has 1 aliphatic carbocycles. The topological polar surface area (TPSA) is 129 Å². The van der Waals surface area contributed by atoms with Crippen LogP contribution in [0.4, 0.5) is 23.0 Å². The highest BCUT2D eigenvalue weighted by Crippen LogP contribution is 2.45. The van der Waals surface area contributed by atoms with Crippen LogP contribution in [0.15, 0.2) is 54.7 Å². The van der Waals surface area contributed by atoms with E-state index in [2.05, 4.69) is 65.4 Å². The first kappa shape index (κ1) is 32.3. The van der Waals surface area contributed by atoms with Crippen LogP contribution in [0.25, 0.3) is 16.8 Å². The first-order valence-corrected chi connectivity index (χ1v) is 17.0. The van der Waals surface area contributed by atoms with Gasteiger partial charge in [-0.15, -0.1) is 0 Å². The zero-order chi connectivity index (χ0) is 34.4. The fourth-order valence-corrected chi connectivity index (χ4v) is 6.59. The molecule has 5 aromatic rings. The molecule has 1 saturated heterocycles. The Morgan fingerprint density at radius 1 is 1.00 bits per heavy atom. The molecule has 0 spiro atoms. The molecule has 49 heavy (non-hydrogen) atoms. The lowest BCUT2D eigenvalue weighted by Gasteiger charge is -2.40. The van der Waals surface area contributed by atoms with Gasteiger partial charge in [-0.05, 0) is 38.0 Å². The summed E-state index contributed by atoms with van der Waals surface area (Å²) < 4.78 is 3.96. The Hall–Kier alpha value is -5.30. The molecule has 8 rings (SSSR count). The van der Waals surface area contributed by atoms with Crippen LogP contribution in [-0.4, -0.2) is 85.2 Å². The molecule has 254 valence electrons. The van der Waals surface area contributed by atoms with Gasteiger partial charge in [-0.3, -0.25) is 19.2 Å². The average molecular weight is 662 g/mol. The van der Waals surface area contributed by atoms with Crippen molar-refractivity contribution in [3.05, 3.63) is 77.5 Å². The summed E-state index contributed by atoms with van der Waals surface area (Å²) in [6.45, 7) is 9.06. The van der Waals surface area contributed by atoms with Crippen molar-refractivity contribution in [2.45, 2.75) is 52.7 Å². The lowest BCUT2D eigenvalue weighted by molar-refractivity contribution is -0.117. The number of benzene rings is 1. The van der Waals surface area contributed by atoms with E-state index in [4.69, 9.17) is 5.10 Å². The lowest BCUT2D eigenvalue weighted by atomic mass is 9.97. The van der Waals surface area contributed by atoms with E-state index in [0.29, 0.717) is 30.2 Å². The summed E-state index contributed by atoms with van der Waals surface area (Å²) in [5.41, 5.74) is 8.30. The Morgan fingerprint density at radius 2 is 1.78 bits per heavy atom. The SMILES string of the molecule is CC.Cc1cc2nc(NC(=O)C3CC3)cc(Nc3cccc4c3N(C)Cc3c-4cnn3C3CN(Cc4cccc(C(=O)N(C)C)n4)C3)n2n1. The van der Waals surface area contributed by atoms with E-state index in [-0.39, 0.29) is 23.8 Å². The number of fused-ring (bicyclic) bond motifs is 4. The number of carbonyl (C=O) groups is 2. The van der Waals surface area contributed by atoms with Gasteiger partial charge < -0.3 is 20.4 Å². The number of para-hydroxylation sites is 1. The highest BCUT2D eigenvalue weighted by Gasteiger charge is 2.34. The summed E-state index contributed by atoms with van der Waals surface area (Å²) in [5, 5.41) is 16.1. The number of hydrogen-bond donors (Lipinski definition) is 2.